The number of carbonyl (C=O) groups is 2. The molecule has 252 valence electrons. The number of amides is 2. The van der Waals surface area contributed by atoms with Gasteiger partial charge in [-0.3, -0.25) is 15.3 Å². The van der Waals surface area contributed by atoms with E-state index in [-0.39, 0.29) is 18.0 Å². The van der Waals surface area contributed by atoms with Crippen molar-refractivity contribution in [3.05, 3.63) is 38.5 Å². The number of nitrogens with zero attached hydrogens (tertiary/aromatic N) is 1. The molecule has 2 rings (SSSR count). The molecule has 45 heavy (non-hydrogen) atoms. The molecule has 12 heteroatoms. The van der Waals surface area contributed by atoms with Gasteiger partial charge in [0, 0.05) is 32.4 Å². The summed E-state index contributed by atoms with van der Waals surface area (Å²) in [4.78, 5) is 30.5. The summed E-state index contributed by atoms with van der Waals surface area (Å²) in [6.45, 7) is 3.61. The molecule has 0 radical (unpaired) electrons. The van der Waals surface area contributed by atoms with E-state index in [4.69, 9.17) is 10.5 Å². The molecule has 0 aliphatic heterocycles. The van der Waals surface area contributed by atoms with E-state index in [1.54, 1.807) is 6.20 Å². The van der Waals surface area contributed by atoms with Crippen LogP contribution in [0.25, 0.3) is 0 Å². The number of aromatic nitrogens is 2. The number of rotatable bonds is 25. The van der Waals surface area contributed by atoms with E-state index in [0.717, 1.165) is 24.1 Å². The van der Waals surface area contributed by atoms with E-state index in [9.17, 15) is 14.8 Å². The highest BCUT2D eigenvalue weighted by Crippen LogP contribution is 2.35. The SMILES string of the molecule is CCCCCCCCCCCCCCCC(=O)NCCCOc1c(Br)cc(CC(=NO)C(=O)NCCc2c[nH+]c(N)[nH]2)cc1Br. The zero-order valence-corrected chi connectivity index (χ0v) is 30.0. The summed E-state index contributed by atoms with van der Waals surface area (Å²) in [6.07, 6.45) is 20.5. The van der Waals surface area contributed by atoms with Gasteiger partial charge in [0.05, 0.1) is 21.7 Å². The highest BCUT2D eigenvalue weighted by molar-refractivity contribution is 9.11. The lowest BCUT2D eigenvalue weighted by atomic mass is 10.0. The number of imidazole rings is 1. The predicted octanol–water partition coefficient (Wildman–Crippen LogP) is 7.03. The molecular formula is C33H53Br2N6O4+. The van der Waals surface area contributed by atoms with Gasteiger partial charge in [-0.25, -0.2) is 9.97 Å². The summed E-state index contributed by atoms with van der Waals surface area (Å²) in [5.74, 6) is 0.720. The number of aromatic amines is 2. The molecule has 2 aromatic rings. The first kappa shape index (κ1) is 38.6. The number of halogens is 2. The highest BCUT2D eigenvalue weighted by atomic mass is 79.9. The average Bonchev–Trinajstić information content (AvgIpc) is 3.43. The summed E-state index contributed by atoms with van der Waals surface area (Å²) in [7, 11) is 0. The number of nitrogens with one attached hydrogen (secondary N) is 4. The van der Waals surface area contributed by atoms with Crippen molar-refractivity contribution in [1.82, 2.24) is 15.6 Å². The van der Waals surface area contributed by atoms with Crippen LogP contribution in [0.1, 0.15) is 114 Å². The maximum atomic E-state index is 12.5. The molecule has 1 aromatic heterocycles. The van der Waals surface area contributed by atoms with Crippen LogP contribution in [-0.4, -0.2) is 47.4 Å². The fourth-order valence-electron chi connectivity index (χ4n) is 5.03. The third-order valence-corrected chi connectivity index (χ3v) is 8.76. The number of hydrogen-bond acceptors (Lipinski definition) is 6. The van der Waals surface area contributed by atoms with Crippen LogP contribution in [0, 0.1) is 0 Å². The lowest BCUT2D eigenvalue weighted by molar-refractivity contribution is -0.358. The van der Waals surface area contributed by atoms with Crippen LogP contribution >= 0.6 is 31.9 Å². The van der Waals surface area contributed by atoms with Crippen molar-refractivity contribution in [3.63, 3.8) is 0 Å². The molecule has 10 nitrogen and oxygen atoms in total. The number of hydrogen-bond donors (Lipinski definition) is 5. The molecule has 0 unspecified atom stereocenters. The highest BCUT2D eigenvalue weighted by Gasteiger charge is 2.16. The number of carbonyl (C=O) groups excluding carboxylic acids is 2. The number of H-pyrrole nitrogens is 2. The Kier molecular flexibility index (Phi) is 20.3. The zero-order valence-electron chi connectivity index (χ0n) is 26.8. The summed E-state index contributed by atoms with van der Waals surface area (Å²) in [5.41, 5.74) is 7.22. The van der Waals surface area contributed by atoms with Gasteiger partial charge in [-0.05, 0) is 62.4 Å². The molecular weight excluding hydrogens is 704 g/mol. The minimum absolute atomic E-state index is 0.00502. The Labute approximate surface area is 285 Å². The van der Waals surface area contributed by atoms with Gasteiger partial charge in [0.2, 0.25) is 5.91 Å². The number of unbranched alkanes of at least 4 members (excludes halogenated alkanes) is 12. The molecule has 2 amide bonds. The molecule has 0 atom stereocenters. The lowest BCUT2D eigenvalue weighted by Gasteiger charge is -2.13. The van der Waals surface area contributed by atoms with Crippen LogP contribution in [-0.2, 0) is 22.4 Å². The molecule has 0 aliphatic carbocycles. The van der Waals surface area contributed by atoms with Crippen LogP contribution in [0.2, 0.25) is 0 Å². The van der Waals surface area contributed by atoms with Crippen LogP contribution in [0.3, 0.4) is 0 Å². The number of oxime groups is 1. The van der Waals surface area contributed by atoms with E-state index in [0.29, 0.717) is 59.6 Å². The van der Waals surface area contributed by atoms with Gasteiger partial charge in [0.1, 0.15) is 17.2 Å². The van der Waals surface area contributed by atoms with Crippen molar-refractivity contribution in [2.75, 3.05) is 25.4 Å². The van der Waals surface area contributed by atoms with Gasteiger partial charge in [-0.2, -0.15) is 0 Å². The molecule has 0 saturated heterocycles. The summed E-state index contributed by atoms with van der Waals surface area (Å²) < 4.78 is 7.35. The van der Waals surface area contributed by atoms with Gasteiger partial charge in [0.25, 0.3) is 5.91 Å². The van der Waals surface area contributed by atoms with Gasteiger partial charge in [-0.1, -0.05) is 89.1 Å². The second-order valence-corrected chi connectivity index (χ2v) is 13.2. The number of benzene rings is 1. The van der Waals surface area contributed by atoms with Crippen molar-refractivity contribution in [1.29, 1.82) is 0 Å². The average molecular weight is 758 g/mol. The van der Waals surface area contributed by atoms with Crippen molar-refractivity contribution < 1.29 is 24.5 Å². The van der Waals surface area contributed by atoms with Gasteiger partial charge in [0.15, 0.2) is 0 Å². The van der Waals surface area contributed by atoms with Crippen molar-refractivity contribution in [2.24, 2.45) is 5.16 Å². The Morgan fingerprint density at radius 3 is 2.07 bits per heavy atom. The minimum atomic E-state index is -0.454. The van der Waals surface area contributed by atoms with Crippen molar-refractivity contribution >= 4 is 55.3 Å². The minimum Gasteiger partial charge on any atom is -0.491 e. The molecule has 0 aliphatic rings. The van der Waals surface area contributed by atoms with Gasteiger partial charge in [-0.15, -0.1) is 0 Å². The fraction of sp³-hybridized carbons (Fsp3) is 0.636. The standard InChI is InChI=1S/C33H52Br2N6O4/c1-2-3-4-5-6-7-8-9-10-11-12-13-14-16-30(42)37-18-15-20-45-31-27(34)21-25(22-28(31)35)23-29(41-44)32(43)38-19-17-26-24-39-33(36)40-26/h21-22,24,44H,2-20,23H2,1H3,(H,37,42)(H,38,43)(H3,36,39,40)/p+1. The van der Waals surface area contributed by atoms with Crippen LogP contribution in [0.5, 0.6) is 5.75 Å². The normalized spacial score (nSPS) is 11.5. The summed E-state index contributed by atoms with van der Waals surface area (Å²) in [5, 5.41) is 18.4. The Hall–Kier alpha value is -2.60. The molecule has 1 heterocycles. The lowest BCUT2D eigenvalue weighted by Crippen LogP contribution is -2.33. The number of nitrogens with two attached hydrogens (primary N) is 1. The number of ether oxygens (including phenoxy) is 1. The monoisotopic (exact) mass is 755 g/mol. The zero-order chi connectivity index (χ0) is 32.7. The first-order valence-electron chi connectivity index (χ1n) is 16.6. The van der Waals surface area contributed by atoms with E-state index in [1.807, 2.05) is 12.1 Å². The Morgan fingerprint density at radius 1 is 0.911 bits per heavy atom. The predicted molar refractivity (Wildman–Crippen MR) is 187 cm³/mol. The Balaban J connectivity index is 1.55. The molecule has 0 spiro atoms. The Morgan fingerprint density at radius 2 is 1.51 bits per heavy atom. The number of nitrogen functional groups attached to an aromatic ring is 1. The second-order valence-electron chi connectivity index (χ2n) is 11.5. The third kappa shape index (κ3) is 17.0. The van der Waals surface area contributed by atoms with E-state index in [1.165, 1.54) is 70.6 Å². The quantitative estimate of drug-likeness (QED) is 0.0318. The topological polar surface area (TPSA) is 156 Å². The van der Waals surface area contributed by atoms with Gasteiger partial charge < -0.3 is 20.6 Å². The third-order valence-electron chi connectivity index (χ3n) is 7.59. The molecule has 0 bridgehead atoms. The number of anilines is 1. The Bertz CT molecular complexity index is 1150. The van der Waals surface area contributed by atoms with Crippen LogP contribution in [0.4, 0.5) is 5.95 Å². The van der Waals surface area contributed by atoms with Crippen molar-refractivity contribution in [2.45, 2.75) is 116 Å². The van der Waals surface area contributed by atoms with E-state index in [2.05, 4.69) is 64.5 Å². The maximum absolute atomic E-state index is 12.5. The van der Waals surface area contributed by atoms with Crippen LogP contribution in [0.15, 0.2) is 32.4 Å². The van der Waals surface area contributed by atoms with Crippen LogP contribution < -0.4 is 26.1 Å². The van der Waals surface area contributed by atoms with Gasteiger partial charge >= 0.3 is 5.95 Å². The fourth-order valence-corrected chi connectivity index (χ4v) is 6.54. The van der Waals surface area contributed by atoms with E-state index < -0.39 is 5.91 Å². The molecule has 1 aromatic carbocycles. The second kappa shape index (κ2) is 23.7. The van der Waals surface area contributed by atoms with E-state index >= 15 is 0 Å². The molecule has 0 fully saturated rings. The summed E-state index contributed by atoms with van der Waals surface area (Å²) >= 11 is 7.07. The smallest absolute Gasteiger partial charge is 0.350 e. The molecule has 0 saturated carbocycles. The maximum Gasteiger partial charge on any atom is 0.350 e. The largest absolute Gasteiger partial charge is 0.491 e. The summed E-state index contributed by atoms with van der Waals surface area (Å²) in [6, 6.07) is 3.65. The first-order chi connectivity index (χ1) is 21.8. The van der Waals surface area contributed by atoms with Crippen molar-refractivity contribution in [3.8, 4) is 5.75 Å². The first-order valence-corrected chi connectivity index (χ1v) is 18.1. The molecule has 7 N–H and O–H groups in total.